The predicted octanol–water partition coefficient (Wildman–Crippen LogP) is 2.43. The zero-order chi connectivity index (χ0) is 15.7. The predicted molar refractivity (Wildman–Crippen MR) is 86.5 cm³/mol. The van der Waals surface area contributed by atoms with Crippen LogP contribution in [0.25, 0.3) is 6.08 Å². The van der Waals surface area contributed by atoms with Crippen molar-refractivity contribution in [3.8, 4) is 6.01 Å². The van der Waals surface area contributed by atoms with Gasteiger partial charge in [0.05, 0.1) is 18.3 Å². The van der Waals surface area contributed by atoms with Crippen molar-refractivity contribution in [2.75, 3.05) is 12.9 Å². The van der Waals surface area contributed by atoms with E-state index in [1.54, 1.807) is 12.4 Å². The van der Waals surface area contributed by atoms with Gasteiger partial charge in [-0.15, -0.1) is 0 Å². The van der Waals surface area contributed by atoms with Gasteiger partial charge in [0.1, 0.15) is 0 Å². The average molecular weight is 308 g/mol. The van der Waals surface area contributed by atoms with E-state index in [1.807, 2.05) is 33.8 Å². The van der Waals surface area contributed by atoms with Crippen LogP contribution in [0.2, 0.25) is 0 Å². The van der Waals surface area contributed by atoms with E-state index >= 15 is 0 Å². The SMILES string of the molecule is COc1ncc(C=C(CS)B2OC(C)(C)C(C)(C)O2)cn1. The van der Waals surface area contributed by atoms with E-state index < -0.39 is 7.12 Å². The lowest BCUT2D eigenvalue weighted by Crippen LogP contribution is -2.41. The Morgan fingerprint density at radius 1 is 1.24 bits per heavy atom. The van der Waals surface area contributed by atoms with Crippen LogP contribution in [0, 0.1) is 0 Å². The van der Waals surface area contributed by atoms with Gasteiger partial charge in [-0.1, -0.05) is 6.08 Å². The van der Waals surface area contributed by atoms with E-state index in [1.165, 1.54) is 7.11 Å². The van der Waals surface area contributed by atoms with Crippen molar-refractivity contribution in [1.29, 1.82) is 0 Å². The van der Waals surface area contributed by atoms with Crippen molar-refractivity contribution in [3.63, 3.8) is 0 Å². The summed E-state index contributed by atoms with van der Waals surface area (Å²) in [6.07, 6.45) is 5.33. The summed E-state index contributed by atoms with van der Waals surface area (Å²) in [5.41, 5.74) is 1.06. The van der Waals surface area contributed by atoms with Crippen molar-refractivity contribution in [3.05, 3.63) is 23.4 Å². The molecule has 2 heterocycles. The van der Waals surface area contributed by atoms with Gasteiger partial charge in [-0.25, -0.2) is 9.97 Å². The number of methoxy groups -OCH3 is 1. The van der Waals surface area contributed by atoms with Crippen LogP contribution in [0.5, 0.6) is 6.01 Å². The van der Waals surface area contributed by atoms with Gasteiger partial charge in [-0.3, -0.25) is 0 Å². The van der Waals surface area contributed by atoms with Gasteiger partial charge in [-0.05, 0) is 33.2 Å². The molecule has 21 heavy (non-hydrogen) atoms. The van der Waals surface area contributed by atoms with Crippen LogP contribution >= 0.6 is 12.6 Å². The van der Waals surface area contributed by atoms with Crippen molar-refractivity contribution in [1.82, 2.24) is 9.97 Å². The van der Waals surface area contributed by atoms with E-state index in [2.05, 4.69) is 22.6 Å². The molecular formula is C14H21BN2O3S. The van der Waals surface area contributed by atoms with E-state index in [9.17, 15) is 0 Å². The molecule has 1 aromatic heterocycles. The molecule has 7 heteroatoms. The maximum absolute atomic E-state index is 6.03. The van der Waals surface area contributed by atoms with E-state index in [0.717, 1.165) is 11.0 Å². The number of aromatic nitrogens is 2. The molecule has 5 nitrogen and oxygen atoms in total. The fraction of sp³-hybridized carbons (Fsp3) is 0.571. The molecule has 0 aromatic carbocycles. The van der Waals surface area contributed by atoms with E-state index in [4.69, 9.17) is 14.0 Å². The van der Waals surface area contributed by atoms with Crippen molar-refractivity contribution < 1.29 is 14.0 Å². The van der Waals surface area contributed by atoms with Crippen LogP contribution in [-0.2, 0) is 9.31 Å². The van der Waals surface area contributed by atoms with Gasteiger partial charge >= 0.3 is 13.1 Å². The Labute approximate surface area is 131 Å². The summed E-state index contributed by atoms with van der Waals surface area (Å²) in [5.74, 6) is 0.531. The van der Waals surface area contributed by atoms with Crippen LogP contribution in [0.15, 0.2) is 17.9 Å². The van der Waals surface area contributed by atoms with Gasteiger partial charge in [0.2, 0.25) is 0 Å². The fourth-order valence-electron chi connectivity index (χ4n) is 1.90. The molecule has 0 bridgehead atoms. The maximum Gasteiger partial charge on any atom is 0.491 e. The van der Waals surface area contributed by atoms with Crippen LogP contribution in [0.3, 0.4) is 0 Å². The molecule has 0 saturated carbocycles. The summed E-state index contributed by atoms with van der Waals surface area (Å²) in [4.78, 5) is 8.17. The first-order chi connectivity index (χ1) is 9.79. The topological polar surface area (TPSA) is 53.5 Å². The molecule has 0 radical (unpaired) electrons. The second-order valence-electron chi connectivity index (χ2n) is 5.97. The molecular weight excluding hydrogens is 287 g/mol. The Hall–Kier alpha value is -1.05. The minimum absolute atomic E-state index is 0.343. The summed E-state index contributed by atoms with van der Waals surface area (Å²) >= 11 is 4.38. The molecule has 114 valence electrons. The Morgan fingerprint density at radius 2 is 1.76 bits per heavy atom. The Balaban J connectivity index is 2.22. The van der Waals surface area contributed by atoms with Gasteiger partial charge in [0, 0.05) is 23.7 Å². The van der Waals surface area contributed by atoms with Crippen molar-refractivity contribution in [2.45, 2.75) is 38.9 Å². The third-order valence-corrected chi connectivity index (χ3v) is 4.29. The Morgan fingerprint density at radius 3 is 2.19 bits per heavy atom. The molecule has 0 unspecified atom stereocenters. The molecule has 1 aliphatic heterocycles. The highest BCUT2D eigenvalue weighted by Crippen LogP contribution is 2.38. The molecule has 1 aliphatic rings. The maximum atomic E-state index is 6.03. The number of rotatable bonds is 4. The third-order valence-electron chi connectivity index (χ3n) is 3.92. The summed E-state index contributed by atoms with van der Waals surface area (Å²) in [7, 11) is 1.13. The smallest absolute Gasteiger partial charge is 0.467 e. The molecule has 0 atom stereocenters. The number of thiol groups is 1. The van der Waals surface area contributed by atoms with Gasteiger partial charge in [-0.2, -0.15) is 12.6 Å². The molecule has 1 aromatic rings. The monoisotopic (exact) mass is 308 g/mol. The minimum Gasteiger partial charge on any atom is -0.467 e. The van der Waals surface area contributed by atoms with Crippen LogP contribution in [0.4, 0.5) is 0 Å². The molecule has 2 rings (SSSR count). The van der Waals surface area contributed by atoms with Crippen molar-refractivity contribution >= 4 is 25.8 Å². The lowest BCUT2D eigenvalue weighted by Gasteiger charge is -2.32. The number of ether oxygens (including phenoxy) is 1. The Kier molecular flexibility index (Phi) is 4.65. The first-order valence-corrected chi connectivity index (χ1v) is 7.45. The zero-order valence-electron chi connectivity index (χ0n) is 13.1. The molecule has 0 amide bonds. The first-order valence-electron chi connectivity index (χ1n) is 6.82. The molecule has 0 spiro atoms. The quantitative estimate of drug-likeness (QED) is 0.684. The normalized spacial score (nSPS) is 20.7. The summed E-state index contributed by atoms with van der Waals surface area (Å²) < 4.78 is 17.0. The lowest BCUT2D eigenvalue weighted by atomic mass is 9.78. The van der Waals surface area contributed by atoms with Crippen molar-refractivity contribution in [2.24, 2.45) is 0 Å². The highest BCUT2D eigenvalue weighted by atomic mass is 32.1. The molecule has 1 saturated heterocycles. The van der Waals surface area contributed by atoms with Gasteiger partial charge < -0.3 is 14.0 Å². The highest BCUT2D eigenvalue weighted by Gasteiger charge is 2.52. The van der Waals surface area contributed by atoms with Gasteiger partial charge in [0.25, 0.3) is 0 Å². The zero-order valence-corrected chi connectivity index (χ0v) is 14.0. The first kappa shape index (κ1) is 16.3. The van der Waals surface area contributed by atoms with Gasteiger partial charge in [0.15, 0.2) is 0 Å². The third kappa shape index (κ3) is 3.41. The number of hydrogen-bond donors (Lipinski definition) is 1. The van der Waals surface area contributed by atoms with Crippen LogP contribution < -0.4 is 4.74 Å². The number of hydrogen-bond acceptors (Lipinski definition) is 6. The largest absolute Gasteiger partial charge is 0.491 e. The molecule has 0 N–H and O–H groups in total. The standard InChI is InChI=1S/C14H21BN2O3S/c1-13(2)14(3,4)20-15(19-13)11(9-21)6-10-7-16-12(18-5)17-8-10/h6-8,21H,9H2,1-5H3. The molecule has 0 aliphatic carbocycles. The fourth-order valence-corrected chi connectivity index (χ4v) is 2.14. The number of nitrogens with zero attached hydrogens (tertiary/aromatic N) is 2. The molecule has 1 fully saturated rings. The second kappa shape index (κ2) is 5.98. The Bertz CT molecular complexity index is 516. The van der Waals surface area contributed by atoms with E-state index in [0.29, 0.717) is 11.8 Å². The second-order valence-corrected chi connectivity index (χ2v) is 6.28. The minimum atomic E-state index is -0.408. The summed E-state index contributed by atoms with van der Waals surface area (Å²) in [5, 5.41) is 0. The van der Waals surface area contributed by atoms with Crippen LogP contribution in [0.1, 0.15) is 33.3 Å². The van der Waals surface area contributed by atoms with Crippen LogP contribution in [-0.4, -0.2) is 41.2 Å². The lowest BCUT2D eigenvalue weighted by molar-refractivity contribution is 0.00578. The van der Waals surface area contributed by atoms with E-state index in [-0.39, 0.29) is 11.2 Å². The summed E-state index contributed by atoms with van der Waals surface area (Å²) in [6, 6.07) is 0.343. The highest BCUT2D eigenvalue weighted by molar-refractivity contribution is 7.80. The average Bonchev–Trinajstić information content (AvgIpc) is 2.65. The summed E-state index contributed by atoms with van der Waals surface area (Å²) in [6.45, 7) is 8.11.